The molecule has 2 amide bonds. The Morgan fingerprint density at radius 3 is 2.29 bits per heavy atom. The Balaban J connectivity index is 1.99. The van der Waals surface area contributed by atoms with Gasteiger partial charge in [-0.3, -0.25) is 0 Å². The van der Waals surface area contributed by atoms with Crippen molar-refractivity contribution in [2.75, 3.05) is 10.6 Å². The summed E-state index contributed by atoms with van der Waals surface area (Å²) < 4.78 is 0.725. The number of urea groups is 1. The maximum atomic E-state index is 11.9. The summed E-state index contributed by atoms with van der Waals surface area (Å²) in [7, 11) is 0. The molecule has 0 aliphatic heterocycles. The molecule has 6 heteroatoms. The van der Waals surface area contributed by atoms with Crippen molar-refractivity contribution in [3.8, 4) is 0 Å². The largest absolute Gasteiger partial charge is 0.324 e. The number of nitrogens with two attached hydrogens (primary N) is 1. The van der Waals surface area contributed by atoms with Crippen LogP contribution in [-0.4, -0.2) is 6.03 Å². The van der Waals surface area contributed by atoms with Gasteiger partial charge in [0.15, 0.2) is 0 Å². The molecule has 0 bridgehead atoms. The first-order valence-corrected chi connectivity index (χ1v) is 7.51. The van der Waals surface area contributed by atoms with Gasteiger partial charge in [0, 0.05) is 21.9 Å². The highest BCUT2D eigenvalue weighted by Gasteiger charge is 2.05. The zero-order chi connectivity index (χ0) is 15.4. The van der Waals surface area contributed by atoms with Crippen LogP contribution >= 0.6 is 27.5 Å². The lowest BCUT2D eigenvalue weighted by atomic mass is 10.1. The predicted octanol–water partition coefficient (Wildman–Crippen LogP) is 4.77. The van der Waals surface area contributed by atoms with Crippen molar-refractivity contribution >= 4 is 44.9 Å². The predicted molar refractivity (Wildman–Crippen MR) is 90.8 cm³/mol. The van der Waals surface area contributed by atoms with E-state index in [0.29, 0.717) is 16.4 Å². The molecule has 21 heavy (non-hydrogen) atoms. The van der Waals surface area contributed by atoms with Crippen LogP contribution in [0.1, 0.15) is 18.5 Å². The summed E-state index contributed by atoms with van der Waals surface area (Å²) in [6.07, 6.45) is 0. The van der Waals surface area contributed by atoms with Gasteiger partial charge in [-0.15, -0.1) is 0 Å². The van der Waals surface area contributed by atoms with E-state index >= 15 is 0 Å². The average molecular weight is 369 g/mol. The minimum Gasteiger partial charge on any atom is -0.324 e. The highest BCUT2D eigenvalue weighted by atomic mass is 79.9. The third-order valence-electron chi connectivity index (χ3n) is 2.87. The molecule has 1 unspecified atom stereocenters. The molecule has 110 valence electrons. The summed E-state index contributed by atoms with van der Waals surface area (Å²) in [6.45, 7) is 1.91. The average Bonchev–Trinajstić information content (AvgIpc) is 2.43. The lowest BCUT2D eigenvalue weighted by molar-refractivity contribution is 0.262. The van der Waals surface area contributed by atoms with E-state index in [0.717, 1.165) is 10.0 Å². The first kappa shape index (κ1) is 15.8. The second kappa shape index (κ2) is 6.93. The fourth-order valence-electron chi connectivity index (χ4n) is 1.74. The molecule has 0 aromatic heterocycles. The smallest absolute Gasteiger partial charge is 0.323 e. The number of carbonyl (C=O) groups is 1. The number of amides is 2. The third kappa shape index (κ3) is 4.46. The van der Waals surface area contributed by atoms with Crippen LogP contribution in [-0.2, 0) is 0 Å². The molecule has 0 saturated carbocycles. The van der Waals surface area contributed by atoms with Crippen LogP contribution in [0, 0.1) is 0 Å². The van der Waals surface area contributed by atoms with Crippen molar-refractivity contribution in [2.24, 2.45) is 5.73 Å². The van der Waals surface area contributed by atoms with Gasteiger partial charge >= 0.3 is 6.03 Å². The van der Waals surface area contributed by atoms with E-state index in [4.69, 9.17) is 17.3 Å². The van der Waals surface area contributed by atoms with Crippen LogP contribution in [0.4, 0.5) is 16.2 Å². The lowest BCUT2D eigenvalue weighted by Crippen LogP contribution is -2.19. The monoisotopic (exact) mass is 367 g/mol. The summed E-state index contributed by atoms with van der Waals surface area (Å²) >= 11 is 9.21. The summed E-state index contributed by atoms with van der Waals surface area (Å²) in [4.78, 5) is 11.9. The van der Waals surface area contributed by atoms with Gasteiger partial charge in [-0.2, -0.15) is 0 Å². The van der Waals surface area contributed by atoms with Crippen LogP contribution in [0.25, 0.3) is 0 Å². The first-order valence-electron chi connectivity index (χ1n) is 6.34. The molecule has 0 aliphatic rings. The Morgan fingerprint density at radius 1 is 1.14 bits per heavy atom. The molecule has 2 rings (SSSR count). The summed E-state index contributed by atoms with van der Waals surface area (Å²) in [5.41, 5.74) is 8.14. The number of hydrogen-bond donors (Lipinski definition) is 3. The van der Waals surface area contributed by atoms with E-state index in [1.165, 1.54) is 0 Å². The molecule has 0 radical (unpaired) electrons. The van der Waals surface area contributed by atoms with Crippen LogP contribution < -0.4 is 16.4 Å². The molecule has 4 nitrogen and oxygen atoms in total. The van der Waals surface area contributed by atoms with Crippen molar-refractivity contribution in [3.05, 3.63) is 57.5 Å². The second-order valence-corrected chi connectivity index (χ2v) is 5.88. The summed E-state index contributed by atoms with van der Waals surface area (Å²) in [6, 6.07) is 12.2. The molecule has 0 fully saturated rings. The van der Waals surface area contributed by atoms with Gasteiger partial charge in [0.2, 0.25) is 0 Å². The maximum absolute atomic E-state index is 11.9. The molecule has 2 aromatic carbocycles. The van der Waals surface area contributed by atoms with Crippen molar-refractivity contribution in [2.45, 2.75) is 13.0 Å². The van der Waals surface area contributed by atoms with E-state index < -0.39 is 0 Å². The molecule has 0 saturated heterocycles. The van der Waals surface area contributed by atoms with E-state index in [2.05, 4.69) is 26.6 Å². The van der Waals surface area contributed by atoms with E-state index in [-0.39, 0.29) is 12.1 Å². The number of halogens is 2. The third-order valence-corrected chi connectivity index (χ3v) is 4.09. The van der Waals surface area contributed by atoms with Gasteiger partial charge in [0.05, 0.1) is 5.02 Å². The van der Waals surface area contributed by atoms with Gasteiger partial charge in [0.25, 0.3) is 0 Å². The number of benzene rings is 2. The highest BCUT2D eigenvalue weighted by Crippen LogP contribution is 2.25. The van der Waals surface area contributed by atoms with Crippen LogP contribution in [0.15, 0.2) is 46.9 Å². The normalized spacial score (nSPS) is 11.8. The van der Waals surface area contributed by atoms with E-state index in [1.54, 1.807) is 18.2 Å². The number of hydrogen-bond acceptors (Lipinski definition) is 2. The molecule has 4 N–H and O–H groups in total. The van der Waals surface area contributed by atoms with Crippen LogP contribution in [0.3, 0.4) is 0 Å². The zero-order valence-electron chi connectivity index (χ0n) is 11.4. The second-order valence-electron chi connectivity index (χ2n) is 4.62. The fraction of sp³-hybridized carbons (Fsp3) is 0.133. The SMILES string of the molecule is CC(N)c1ccc(NC(=O)Nc2ccc(Cl)c(Br)c2)cc1. The Labute approximate surface area is 136 Å². The van der Waals surface area contributed by atoms with Gasteiger partial charge in [0.1, 0.15) is 0 Å². The molecule has 0 aliphatic carbocycles. The van der Waals surface area contributed by atoms with Gasteiger partial charge in [-0.1, -0.05) is 23.7 Å². The molecular formula is C15H15BrClN3O. The van der Waals surface area contributed by atoms with Gasteiger partial charge < -0.3 is 16.4 Å². The van der Waals surface area contributed by atoms with E-state index in [1.807, 2.05) is 31.2 Å². The van der Waals surface area contributed by atoms with E-state index in [9.17, 15) is 4.79 Å². The Bertz CT molecular complexity index is 644. The number of nitrogens with one attached hydrogen (secondary N) is 2. The quantitative estimate of drug-likeness (QED) is 0.730. The first-order chi connectivity index (χ1) is 9.95. The maximum Gasteiger partial charge on any atom is 0.323 e. The van der Waals surface area contributed by atoms with Gasteiger partial charge in [-0.05, 0) is 58.7 Å². The van der Waals surface area contributed by atoms with Crippen molar-refractivity contribution in [1.29, 1.82) is 0 Å². The molecule has 0 heterocycles. The Hall–Kier alpha value is -1.56. The minimum absolute atomic E-state index is 0.0284. The summed E-state index contributed by atoms with van der Waals surface area (Å²) in [5.74, 6) is 0. The molecule has 2 aromatic rings. The van der Waals surface area contributed by atoms with Gasteiger partial charge in [-0.25, -0.2) is 4.79 Å². The topological polar surface area (TPSA) is 67.1 Å². The highest BCUT2D eigenvalue weighted by molar-refractivity contribution is 9.10. The van der Waals surface area contributed by atoms with Crippen LogP contribution in [0.5, 0.6) is 0 Å². The molecule has 1 atom stereocenters. The lowest BCUT2D eigenvalue weighted by Gasteiger charge is -2.10. The number of anilines is 2. The van der Waals surface area contributed by atoms with Crippen molar-refractivity contribution in [1.82, 2.24) is 0 Å². The van der Waals surface area contributed by atoms with Crippen LogP contribution in [0.2, 0.25) is 5.02 Å². The number of rotatable bonds is 3. The van der Waals surface area contributed by atoms with Crippen molar-refractivity contribution < 1.29 is 4.79 Å². The Kier molecular flexibility index (Phi) is 5.22. The zero-order valence-corrected chi connectivity index (χ0v) is 13.7. The fourth-order valence-corrected chi connectivity index (χ4v) is 2.23. The van der Waals surface area contributed by atoms with Crippen molar-refractivity contribution in [3.63, 3.8) is 0 Å². The molecular weight excluding hydrogens is 354 g/mol. The standard InChI is InChI=1S/C15H15BrClN3O/c1-9(18)10-2-4-11(5-3-10)19-15(21)20-12-6-7-14(17)13(16)8-12/h2-9H,18H2,1H3,(H2,19,20,21). The molecule has 0 spiro atoms. The minimum atomic E-state index is -0.322. The Morgan fingerprint density at radius 2 is 1.71 bits per heavy atom. The summed E-state index contributed by atoms with van der Waals surface area (Å²) in [5, 5.41) is 6.07. The number of carbonyl (C=O) groups excluding carboxylic acids is 1.